The third-order valence-electron chi connectivity index (χ3n) is 7.70. The predicted molar refractivity (Wildman–Crippen MR) is 136 cm³/mol. The molecule has 2 unspecified atom stereocenters. The molecule has 1 spiro atoms. The number of para-hydroxylation sites is 1. The van der Waals surface area contributed by atoms with E-state index in [2.05, 4.69) is 10.6 Å². The fraction of sp³-hybridized carbons (Fsp3) is 0.423. The van der Waals surface area contributed by atoms with Crippen molar-refractivity contribution in [1.29, 1.82) is 0 Å². The van der Waals surface area contributed by atoms with Gasteiger partial charge in [0.1, 0.15) is 6.04 Å². The van der Waals surface area contributed by atoms with E-state index in [1.165, 1.54) is 4.90 Å². The molecular formula is C26H28ClN3O4S. The highest BCUT2D eigenvalue weighted by atomic mass is 35.5. The van der Waals surface area contributed by atoms with Crippen molar-refractivity contribution in [1.82, 2.24) is 10.2 Å². The number of nitrogens with zero attached hydrogens (tertiary/aromatic N) is 1. The third kappa shape index (κ3) is 3.65. The van der Waals surface area contributed by atoms with Crippen LogP contribution in [0.4, 0.5) is 5.69 Å². The number of nitrogens with one attached hydrogen (secondary N) is 2. The molecule has 3 N–H and O–H groups in total. The Morgan fingerprint density at radius 2 is 1.94 bits per heavy atom. The van der Waals surface area contributed by atoms with Crippen LogP contribution in [0.3, 0.4) is 0 Å². The zero-order valence-corrected chi connectivity index (χ0v) is 21.1. The number of aliphatic hydroxyl groups is 1. The van der Waals surface area contributed by atoms with Crippen LogP contribution < -0.4 is 10.6 Å². The van der Waals surface area contributed by atoms with Crippen molar-refractivity contribution >= 4 is 46.8 Å². The van der Waals surface area contributed by atoms with Crippen LogP contribution in [0.1, 0.15) is 30.0 Å². The van der Waals surface area contributed by atoms with Crippen molar-refractivity contribution in [2.24, 2.45) is 11.8 Å². The quantitative estimate of drug-likeness (QED) is 0.551. The number of benzene rings is 2. The summed E-state index contributed by atoms with van der Waals surface area (Å²) in [5, 5.41) is 16.6. The number of hydrogen-bond acceptors (Lipinski definition) is 5. The van der Waals surface area contributed by atoms with E-state index in [9.17, 15) is 19.5 Å². The van der Waals surface area contributed by atoms with Gasteiger partial charge in [-0.3, -0.25) is 14.4 Å². The van der Waals surface area contributed by atoms with E-state index >= 15 is 0 Å². The van der Waals surface area contributed by atoms with Crippen LogP contribution in [0, 0.1) is 18.8 Å². The number of fused-ring (bicyclic) bond motifs is 1. The molecule has 7 nitrogen and oxygen atoms in total. The van der Waals surface area contributed by atoms with Gasteiger partial charge in [-0.1, -0.05) is 54.1 Å². The van der Waals surface area contributed by atoms with E-state index in [1.54, 1.807) is 24.9 Å². The van der Waals surface area contributed by atoms with Crippen molar-refractivity contribution < 1.29 is 19.5 Å². The molecule has 0 saturated carbocycles. The van der Waals surface area contributed by atoms with E-state index in [-0.39, 0.29) is 29.6 Å². The van der Waals surface area contributed by atoms with Gasteiger partial charge in [0.05, 0.1) is 39.9 Å². The Hall–Kier alpha value is -2.55. The number of rotatable bonds is 6. The van der Waals surface area contributed by atoms with Gasteiger partial charge in [-0.2, -0.15) is 0 Å². The number of likely N-dealkylation sites (tertiary alicyclic amines) is 1. The maximum atomic E-state index is 14.1. The highest BCUT2D eigenvalue weighted by Crippen LogP contribution is 2.67. The molecule has 0 radical (unpaired) electrons. The van der Waals surface area contributed by atoms with Gasteiger partial charge in [0.2, 0.25) is 17.7 Å². The molecule has 3 saturated heterocycles. The average molecular weight is 514 g/mol. The SMILES string of the molecule is CNC(=O)[C@@H]1[C@@H]2CCC3(S2)C(C(=O)Nc2c(C)cccc2Cl)N([C@H](CO)c2ccccc2)C(=O)[C@H]13. The topological polar surface area (TPSA) is 98.7 Å². The van der Waals surface area contributed by atoms with Crippen LogP contribution in [0.5, 0.6) is 0 Å². The van der Waals surface area contributed by atoms with E-state index in [1.807, 2.05) is 49.4 Å². The normalized spacial score (nSPS) is 29.7. The summed E-state index contributed by atoms with van der Waals surface area (Å²) in [5.74, 6) is -1.93. The van der Waals surface area contributed by atoms with Crippen LogP contribution in [0.15, 0.2) is 48.5 Å². The van der Waals surface area contributed by atoms with Gasteiger partial charge in [-0.15, -0.1) is 11.8 Å². The predicted octanol–water partition coefficient (Wildman–Crippen LogP) is 3.16. The highest BCUT2D eigenvalue weighted by molar-refractivity contribution is 8.02. The molecule has 3 amide bonds. The van der Waals surface area contributed by atoms with E-state index in [0.29, 0.717) is 17.1 Å². The van der Waals surface area contributed by atoms with Gasteiger partial charge < -0.3 is 20.6 Å². The Morgan fingerprint density at radius 3 is 2.60 bits per heavy atom. The fourth-order valence-corrected chi connectivity index (χ4v) is 8.68. The molecular weight excluding hydrogens is 486 g/mol. The van der Waals surface area contributed by atoms with E-state index in [0.717, 1.165) is 17.5 Å². The van der Waals surface area contributed by atoms with Crippen LogP contribution in [0.25, 0.3) is 0 Å². The second kappa shape index (κ2) is 9.15. The summed E-state index contributed by atoms with van der Waals surface area (Å²) < 4.78 is -0.750. The maximum absolute atomic E-state index is 14.1. The van der Waals surface area contributed by atoms with Crippen molar-refractivity contribution in [2.75, 3.05) is 19.0 Å². The van der Waals surface area contributed by atoms with Gasteiger partial charge in [0, 0.05) is 12.3 Å². The summed E-state index contributed by atoms with van der Waals surface area (Å²) in [6.45, 7) is 1.52. The molecule has 3 aliphatic rings. The Morgan fingerprint density at radius 1 is 1.20 bits per heavy atom. The fourth-order valence-electron chi connectivity index (χ4n) is 6.20. The lowest BCUT2D eigenvalue weighted by Gasteiger charge is -2.37. The van der Waals surface area contributed by atoms with Crippen LogP contribution in [-0.2, 0) is 14.4 Å². The smallest absolute Gasteiger partial charge is 0.248 e. The standard InChI is InChI=1S/C26H28ClN3O4S/c1-14-7-6-10-16(27)21(14)29-24(33)22-26-12-11-18(35-26)19(23(32)28-2)20(26)25(34)30(22)17(13-31)15-8-4-3-5-9-15/h3-10,17-20,22,31H,11-13H2,1-2H3,(H,28,32)(H,29,33)/t17-,18+,19-,20+,22?,26?/m1/s1. The number of amides is 3. The van der Waals surface area contributed by atoms with Gasteiger partial charge in [0.25, 0.3) is 0 Å². The van der Waals surface area contributed by atoms with Crippen molar-refractivity contribution in [3.63, 3.8) is 0 Å². The number of hydrogen-bond donors (Lipinski definition) is 3. The molecule has 2 aromatic rings. The average Bonchev–Trinajstić information content (AvgIpc) is 3.50. The molecule has 2 bridgehead atoms. The summed E-state index contributed by atoms with van der Waals surface area (Å²) in [5.41, 5.74) is 2.05. The minimum atomic E-state index is -0.863. The monoisotopic (exact) mass is 513 g/mol. The molecule has 0 aromatic heterocycles. The van der Waals surface area contributed by atoms with Crippen molar-refractivity contribution in [2.45, 2.75) is 41.8 Å². The van der Waals surface area contributed by atoms with Crippen LogP contribution in [0.2, 0.25) is 5.02 Å². The van der Waals surface area contributed by atoms with Crippen LogP contribution in [-0.4, -0.2) is 57.4 Å². The Labute approximate surface area is 213 Å². The number of anilines is 1. The van der Waals surface area contributed by atoms with Gasteiger partial charge in [-0.05, 0) is 37.0 Å². The second-order valence-electron chi connectivity index (χ2n) is 9.45. The molecule has 35 heavy (non-hydrogen) atoms. The number of aliphatic hydroxyl groups excluding tert-OH is 1. The molecule has 0 aliphatic carbocycles. The maximum Gasteiger partial charge on any atom is 0.248 e. The molecule has 6 atom stereocenters. The molecule has 2 aromatic carbocycles. The lowest BCUT2D eigenvalue weighted by Crippen LogP contribution is -2.52. The molecule has 5 rings (SSSR count). The summed E-state index contributed by atoms with van der Waals surface area (Å²) in [7, 11) is 1.58. The summed E-state index contributed by atoms with van der Waals surface area (Å²) in [4.78, 5) is 42.6. The van der Waals surface area contributed by atoms with Crippen molar-refractivity contribution in [3.8, 4) is 0 Å². The van der Waals surface area contributed by atoms with Gasteiger partial charge >= 0.3 is 0 Å². The summed E-state index contributed by atoms with van der Waals surface area (Å²) >= 11 is 8.00. The molecule has 3 aliphatic heterocycles. The number of thioether (sulfide) groups is 1. The zero-order valence-electron chi connectivity index (χ0n) is 19.5. The Bertz CT molecular complexity index is 1160. The van der Waals surface area contributed by atoms with Crippen LogP contribution >= 0.6 is 23.4 Å². The number of aryl methyl sites for hydroxylation is 1. The summed E-state index contributed by atoms with van der Waals surface area (Å²) in [6.07, 6.45) is 1.40. The number of halogens is 1. The molecule has 9 heteroatoms. The zero-order chi connectivity index (χ0) is 24.9. The van der Waals surface area contributed by atoms with Gasteiger partial charge in [-0.25, -0.2) is 0 Å². The van der Waals surface area contributed by atoms with E-state index < -0.39 is 28.7 Å². The Balaban J connectivity index is 1.61. The molecule has 184 valence electrons. The van der Waals surface area contributed by atoms with E-state index in [4.69, 9.17) is 11.6 Å². The Kier molecular flexibility index (Phi) is 6.32. The van der Waals surface area contributed by atoms with Crippen molar-refractivity contribution in [3.05, 3.63) is 64.7 Å². The lowest BCUT2D eigenvalue weighted by molar-refractivity contribution is -0.142. The third-order valence-corrected chi connectivity index (χ3v) is 9.97. The molecule has 3 heterocycles. The second-order valence-corrected chi connectivity index (χ2v) is 11.5. The first kappa shape index (κ1) is 24.2. The highest BCUT2D eigenvalue weighted by Gasteiger charge is 2.74. The number of carbonyl (C=O) groups is 3. The minimum absolute atomic E-state index is 0.0206. The molecule has 3 fully saturated rings. The first-order chi connectivity index (χ1) is 16.8. The first-order valence-corrected chi connectivity index (χ1v) is 13.0. The number of carbonyl (C=O) groups excluding carboxylic acids is 3. The minimum Gasteiger partial charge on any atom is -0.394 e. The largest absolute Gasteiger partial charge is 0.394 e. The first-order valence-electron chi connectivity index (χ1n) is 11.8. The van der Waals surface area contributed by atoms with Gasteiger partial charge in [0.15, 0.2) is 0 Å². The summed E-state index contributed by atoms with van der Waals surface area (Å²) in [6, 6.07) is 13.0. The lowest BCUT2D eigenvalue weighted by atomic mass is 9.70.